The predicted molar refractivity (Wildman–Crippen MR) is 66.6 cm³/mol. The second-order valence-electron chi connectivity index (χ2n) is 5.07. The minimum absolute atomic E-state index is 0.0225. The van der Waals surface area contributed by atoms with E-state index in [1.165, 1.54) is 0 Å². The van der Waals surface area contributed by atoms with Crippen molar-refractivity contribution < 1.29 is 4.79 Å². The van der Waals surface area contributed by atoms with Gasteiger partial charge in [-0.25, -0.2) is 0 Å². The summed E-state index contributed by atoms with van der Waals surface area (Å²) < 4.78 is 0. The Morgan fingerprint density at radius 2 is 2.29 bits per heavy atom. The molecule has 2 heterocycles. The highest BCUT2D eigenvalue weighted by Crippen LogP contribution is 2.27. The van der Waals surface area contributed by atoms with Crippen molar-refractivity contribution in [3.05, 3.63) is 30.1 Å². The van der Waals surface area contributed by atoms with E-state index in [-0.39, 0.29) is 17.5 Å². The van der Waals surface area contributed by atoms with Gasteiger partial charge in [0, 0.05) is 18.8 Å². The third-order valence-corrected chi connectivity index (χ3v) is 3.63. The summed E-state index contributed by atoms with van der Waals surface area (Å²) in [5.74, 6) is -0.0225. The molecule has 17 heavy (non-hydrogen) atoms. The Morgan fingerprint density at radius 3 is 2.94 bits per heavy atom. The molecule has 1 fully saturated rings. The molecule has 0 bridgehead atoms. The van der Waals surface area contributed by atoms with Gasteiger partial charge in [-0.2, -0.15) is 0 Å². The van der Waals surface area contributed by atoms with Gasteiger partial charge in [0.05, 0.1) is 5.54 Å². The number of piperidine rings is 1. The van der Waals surface area contributed by atoms with E-state index in [0.29, 0.717) is 5.69 Å². The fraction of sp³-hybridized carbons (Fsp3) is 0.538. The van der Waals surface area contributed by atoms with Crippen molar-refractivity contribution in [1.82, 2.24) is 9.88 Å². The lowest BCUT2D eigenvalue weighted by molar-refractivity contribution is 0.0357. The van der Waals surface area contributed by atoms with E-state index in [9.17, 15) is 4.79 Å². The van der Waals surface area contributed by atoms with Crippen LogP contribution in [0.3, 0.4) is 0 Å². The van der Waals surface area contributed by atoms with Gasteiger partial charge in [-0.3, -0.25) is 9.78 Å². The lowest BCUT2D eigenvalue weighted by atomic mass is 9.85. The number of rotatable bonds is 1. The molecule has 0 aliphatic carbocycles. The quantitative estimate of drug-likeness (QED) is 0.798. The Kier molecular flexibility index (Phi) is 3.15. The average molecular weight is 233 g/mol. The van der Waals surface area contributed by atoms with Gasteiger partial charge in [-0.15, -0.1) is 0 Å². The van der Waals surface area contributed by atoms with Crippen molar-refractivity contribution in [3.63, 3.8) is 0 Å². The molecule has 0 radical (unpaired) electrons. The normalized spacial score (nSPS) is 23.5. The van der Waals surface area contributed by atoms with Crippen LogP contribution in [0.15, 0.2) is 24.4 Å². The molecule has 1 unspecified atom stereocenters. The fourth-order valence-electron chi connectivity index (χ4n) is 2.30. The Balaban J connectivity index is 2.25. The molecular formula is C13H19N3O. The molecule has 0 aromatic carbocycles. The van der Waals surface area contributed by atoms with Crippen molar-refractivity contribution in [2.75, 3.05) is 6.54 Å². The first-order valence-corrected chi connectivity index (χ1v) is 6.02. The number of nitrogens with two attached hydrogens (primary N) is 1. The molecule has 0 spiro atoms. The molecule has 1 aliphatic heterocycles. The Bertz CT molecular complexity index is 402. The molecule has 2 rings (SSSR count). The number of carbonyl (C=O) groups is 1. The van der Waals surface area contributed by atoms with E-state index in [4.69, 9.17) is 5.73 Å². The molecule has 4 nitrogen and oxygen atoms in total. The van der Waals surface area contributed by atoms with E-state index in [1.807, 2.05) is 30.9 Å². The molecule has 4 heteroatoms. The van der Waals surface area contributed by atoms with Crippen LogP contribution in [0.4, 0.5) is 0 Å². The SMILES string of the molecule is CC1(C)C(N)CCCN1C(=O)c1ccccn1. The lowest BCUT2D eigenvalue weighted by Gasteiger charge is -2.46. The zero-order chi connectivity index (χ0) is 12.5. The molecule has 1 aromatic rings. The molecule has 92 valence electrons. The summed E-state index contributed by atoms with van der Waals surface area (Å²) in [6.45, 7) is 4.81. The third-order valence-electron chi connectivity index (χ3n) is 3.63. The van der Waals surface area contributed by atoms with Crippen LogP contribution in [0, 0.1) is 0 Å². The summed E-state index contributed by atoms with van der Waals surface area (Å²) in [4.78, 5) is 18.3. The first-order chi connectivity index (χ1) is 8.03. The Labute approximate surface area is 102 Å². The lowest BCUT2D eigenvalue weighted by Crippen LogP contribution is -2.61. The van der Waals surface area contributed by atoms with E-state index >= 15 is 0 Å². The van der Waals surface area contributed by atoms with Gasteiger partial charge in [0.2, 0.25) is 0 Å². The minimum Gasteiger partial charge on any atom is -0.331 e. The van der Waals surface area contributed by atoms with Gasteiger partial charge < -0.3 is 10.6 Å². The van der Waals surface area contributed by atoms with E-state index < -0.39 is 0 Å². The monoisotopic (exact) mass is 233 g/mol. The smallest absolute Gasteiger partial charge is 0.272 e. The van der Waals surface area contributed by atoms with Crippen molar-refractivity contribution in [1.29, 1.82) is 0 Å². The summed E-state index contributed by atoms with van der Waals surface area (Å²) in [6, 6.07) is 5.42. The molecule has 1 aromatic heterocycles. The van der Waals surface area contributed by atoms with Crippen LogP contribution in [0.1, 0.15) is 37.2 Å². The molecule has 0 saturated carbocycles. The molecule has 1 atom stereocenters. The van der Waals surface area contributed by atoms with Gasteiger partial charge in [-0.1, -0.05) is 6.07 Å². The third kappa shape index (κ3) is 2.17. The van der Waals surface area contributed by atoms with Crippen molar-refractivity contribution in [2.45, 2.75) is 38.3 Å². The van der Waals surface area contributed by atoms with Crippen LogP contribution in [0.2, 0.25) is 0 Å². The zero-order valence-electron chi connectivity index (χ0n) is 10.4. The van der Waals surface area contributed by atoms with Gasteiger partial charge in [-0.05, 0) is 38.8 Å². The highest BCUT2D eigenvalue weighted by Gasteiger charge is 2.39. The molecule has 1 amide bonds. The van der Waals surface area contributed by atoms with Crippen LogP contribution in [-0.4, -0.2) is 33.9 Å². The van der Waals surface area contributed by atoms with E-state index in [0.717, 1.165) is 19.4 Å². The highest BCUT2D eigenvalue weighted by molar-refractivity contribution is 5.92. The maximum absolute atomic E-state index is 12.4. The van der Waals surface area contributed by atoms with E-state index in [1.54, 1.807) is 12.3 Å². The number of aromatic nitrogens is 1. The van der Waals surface area contributed by atoms with Gasteiger partial charge in [0.25, 0.3) is 5.91 Å². The fourth-order valence-corrected chi connectivity index (χ4v) is 2.30. The molecular weight excluding hydrogens is 214 g/mol. The second-order valence-corrected chi connectivity index (χ2v) is 5.07. The molecule has 1 saturated heterocycles. The first kappa shape index (κ1) is 12.0. The van der Waals surface area contributed by atoms with Crippen molar-refractivity contribution >= 4 is 5.91 Å². The first-order valence-electron chi connectivity index (χ1n) is 6.02. The summed E-state index contributed by atoms with van der Waals surface area (Å²) in [6.07, 6.45) is 3.58. The Hall–Kier alpha value is -1.42. The Morgan fingerprint density at radius 1 is 1.53 bits per heavy atom. The van der Waals surface area contributed by atoms with Gasteiger partial charge in [0.15, 0.2) is 0 Å². The maximum atomic E-state index is 12.4. The summed E-state index contributed by atoms with van der Waals surface area (Å²) in [5.41, 5.74) is 6.30. The van der Waals surface area contributed by atoms with Crippen molar-refractivity contribution in [2.24, 2.45) is 5.73 Å². The number of pyridine rings is 1. The number of carbonyl (C=O) groups excluding carboxylic acids is 1. The zero-order valence-corrected chi connectivity index (χ0v) is 10.4. The maximum Gasteiger partial charge on any atom is 0.272 e. The minimum atomic E-state index is -0.299. The van der Waals surface area contributed by atoms with Crippen LogP contribution in [0.5, 0.6) is 0 Å². The number of amides is 1. The van der Waals surface area contributed by atoms with Crippen LogP contribution in [-0.2, 0) is 0 Å². The number of hydrogen-bond donors (Lipinski definition) is 1. The largest absolute Gasteiger partial charge is 0.331 e. The van der Waals surface area contributed by atoms with Crippen LogP contribution in [0.25, 0.3) is 0 Å². The summed E-state index contributed by atoms with van der Waals surface area (Å²) in [7, 11) is 0. The summed E-state index contributed by atoms with van der Waals surface area (Å²) >= 11 is 0. The van der Waals surface area contributed by atoms with Crippen LogP contribution < -0.4 is 5.73 Å². The topological polar surface area (TPSA) is 59.2 Å². The van der Waals surface area contributed by atoms with Crippen LogP contribution >= 0.6 is 0 Å². The second kappa shape index (κ2) is 4.45. The number of likely N-dealkylation sites (tertiary alicyclic amines) is 1. The number of nitrogens with zero attached hydrogens (tertiary/aromatic N) is 2. The summed E-state index contributed by atoms with van der Waals surface area (Å²) in [5, 5.41) is 0. The highest BCUT2D eigenvalue weighted by atomic mass is 16.2. The molecule has 2 N–H and O–H groups in total. The predicted octanol–water partition coefficient (Wildman–Crippen LogP) is 1.42. The molecule has 1 aliphatic rings. The van der Waals surface area contributed by atoms with E-state index in [2.05, 4.69) is 4.98 Å². The van der Waals surface area contributed by atoms with Crippen molar-refractivity contribution in [3.8, 4) is 0 Å². The van der Waals surface area contributed by atoms with Gasteiger partial charge >= 0.3 is 0 Å². The standard InChI is InChI=1S/C13H19N3O/c1-13(2)11(14)7-5-9-16(13)12(17)10-6-3-4-8-15-10/h3-4,6,8,11H,5,7,9,14H2,1-2H3. The van der Waals surface area contributed by atoms with Gasteiger partial charge in [0.1, 0.15) is 5.69 Å². The average Bonchev–Trinajstić information content (AvgIpc) is 2.33. The number of hydrogen-bond acceptors (Lipinski definition) is 3.